The Balaban J connectivity index is 2.25. The monoisotopic (exact) mass is 264 g/mol. The molecular formula is C15H24N2O2. The molecule has 0 aliphatic heterocycles. The van der Waals surface area contributed by atoms with Gasteiger partial charge >= 0.3 is 0 Å². The standard InChI is InChI=1S/C15H24N2O2/c1-2-6-13(18)11-17-15(19)14(16)10-9-12-7-4-3-5-8-12/h3-5,7-8,13-14,18H,2,6,9-11,16H2,1H3,(H,17,19). The molecule has 0 heterocycles. The molecule has 1 aromatic rings. The molecule has 0 radical (unpaired) electrons. The van der Waals surface area contributed by atoms with Crippen LogP contribution in [0.1, 0.15) is 31.7 Å². The van der Waals surface area contributed by atoms with Crippen molar-refractivity contribution in [1.82, 2.24) is 5.32 Å². The van der Waals surface area contributed by atoms with Gasteiger partial charge in [-0.1, -0.05) is 43.7 Å². The second kappa shape index (κ2) is 8.67. The number of hydrogen-bond donors (Lipinski definition) is 3. The number of hydrogen-bond acceptors (Lipinski definition) is 3. The average molecular weight is 264 g/mol. The predicted molar refractivity (Wildman–Crippen MR) is 76.7 cm³/mol. The molecule has 1 amide bonds. The fourth-order valence-electron chi connectivity index (χ4n) is 1.88. The zero-order valence-electron chi connectivity index (χ0n) is 11.5. The number of benzene rings is 1. The summed E-state index contributed by atoms with van der Waals surface area (Å²) in [6.45, 7) is 2.28. The van der Waals surface area contributed by atoms with Crippen LogP contribution in [-0.4, -0.2) is 29.7 Å². The Morgan fingerprint density at radius 2 is 2.00 bits per heavy atom. The Morgan fingerprint density at radius 1 is 1.32 bits per heavy atom. The van der Waals surface area contributed by atoms with Crippen LogP contribution < -0.4 is 11.1 Å². The average Bonchev–Trinajstić information content (AvgIpc) is 2.43. The first kappa shape index (κ1) is 15.7. The summed E-state index contributed by atoms with van der Waals surface area (Å²) in [6, 6.07) is 9.44. The second-order valence-electron chi connectivity index (χ2n) is 4.82. The first-order valence-electron chi connectivity index (χ1n) is 6.88. The number of carbonyl (C=O) groups is 1. The Labute approximate surface area is 115 Å². The molecule has 0 spiro atoms. The summed E-state index contributed by atoms with van der Waals surface area (Å²) in [5.41, 5.74) is 7.01. The lowest BCUT2D eigenvalue weighted by Crippen LogP contribution is -2.43. The number of nitrogens with two attached hydrogens (primary N) is 1. The molecule has 4 heteroatoms. The van der Waals surface area contributed by atoms with Gasteiger partial charge in [0.1, 0.15) is 0 Å². The highest BCUT2D eigenvalue weighted by Gasteiger charge is 2.14. The summed E-state index contributed by atoms with van der Waals surface area (Å²) in [7, 11) is 0. The number of carbonyl (C=O) groups excluding carboxylic acids is 1. The molecule has 2 unspecified atom stereocenters. The van der Waals surface area contributed by atoms with Gasteiger partial charge in [0.25, 0.3) is 0 Å². The molecule has 19 heavy (non-hydrogen) atoms. The van der Waals surface area contributed by atoms with Crippen LogP contribution in [0, 0.1) is 0 Å². The fourth-order valence-corrected chi connectivity index (χ4v) is 1.88. The molecule has 0 aliphatic rings. The van der Waals surface area contributed by atoms with Crippen LogP contribution in [0.4, 0.5) is 0 Å². The van der Waals surface area contributed by atoms with E-state index in [2.05, 4.69) is 5.32 Å². The minimum atomic E-state index is -0.519. The van der Waals surface area contributed by atoms with Gasteiger partial charge in [-0.05, 0) is 24.8 Å². The van der Waals surface area contributed by atoms with Crippen molar-refractivity contribution in [3.05, 3.63) is 35.9 Å². The van der Waals surface area contributed by atoms with Crippen molar-refractivity contribution in [3.63, 3.8) is 0 Å². The third-order valence-electron chi connectivity index (χ3n) is 3.06. The lowest BCUT2D eigenvalue weighted by molar-refractivity contribution is -0.122. The quantitative estimate of drug-likeness (QED) is 0.661. The highest BCUT2D eigenvalue weighted by molar-refractivity contribution is 5.81. The number of nitrogens with one attached hydrogen (secondary N) is 1. The molecule has 2 atom stereocenters. The maximum Gasteiger partial charge on any atom is 0.237 e. The van der Waals surface area contributed by atoms with E-state index in [1.165, 1.54) is 5.56 Å². The van der Waals surface area contributed by atoms with Gasteiger partial charge in [0, 0.05) is 6.54 Å². The number of aryl methyl sites for hydroxylation is 1. The van der Waals surface area contributed by atoms with E-state index < -0.39 is 12.1 Å². The van der Waals surface area contributed by atoms with Crippen LogP contribution in [0.3, 0.4) is 0 Å². The van der Waals surface area contributed by atoms with E-state index in [1.54, 1.807) is 0 Å². The molecule has 1 aromatic carbocycles. The summed E-state index contributed by atoms with van der Waals surface area (Å²) in [5.74, 6) is -0.189. The third-order valence-corrected chi connectivity index (χ3v) is 3.06. The van der Waals surface area contributed by atoms with Crippen molar-refractivity contribution in [2.24, 2.45) is 5.73 Å². The Morgan fingerprint density at radius 3 is 2.63 bits per heavy atom. The van der Waals surface area contributed by atoms with Crippen molar-refractivity contribution in [2.75, 3.05) is 6.54 Å². The second-order valence-corrected chi connectivity index (χ2v) is 4.82. The van der Waals surface area contributed by atoms with Crippen LogP contribution in [0.2, 0.25) is 0 Å². The number of aliphatic hydroxyl groups is 1. The van der Waals surface area contributed by atoms with Gasteiger partial charge in [0.2, 0.25) is 5.91 Å². The van der Waals surface area contributed by atoms with Crippen LogP contribution >= 0.6 is 0 Å². The molecule has 0 bridgehead atoms. The van der Waals surface area contributed by atoms with Crippen molar-refractivity contribution >= 4 is 5.91 Å². The van der Waals surface area contributed by atoms with Gasteiger partial charge in [-0.15, -0.1) is 0 Å². The topological polar surface area (TPSA) is 75.3 Å². The molecule has 0 saturated heterocycles. The SMILES string of the molecule is CCCC(O)CNC(=O)C(N)CCc1ccccc1. The van der Waals surface area contributed by atoms with E-state index >= 15 is 0 Å². The summed E-state index contributed by atoms with van der Waals surface area (Å²) < 4.78 is 0. The first-order chi connectivity index (χ1) is 9.13. The number of rotatable bonds is 8. The van der Waals surface area contributed by atoms with Crippen LogP contribution in [0.25, 0.3) is 0 Å². The summed E-state index contributed by atoms with van der Waals surface area (Å²) in [6.07, 6.45) is 2.51. The lowest BCUT2D eigenvalue weighted by Gasteiger charge is -2.14. The van der Waals surface area contributed by atoms with Crippen molar-refractivity contribution in [1.29, 1.82) is 0 Å². The summed E-state index contributed by atoms with van der Waals surface area (Å²) in [4.78, 5) is 11.7. The van der Waals surface area contributed by atoms with Gasteiger partial charge in [-0.3, -0.25) is 4.79 Å². The van der Waals surface area contributed by atoms with E-state index in [1.807, 2.05) is 37.3 Å². The smallest absolute Gasteiger partial charge is 0.237 e. The molecule has 1 rings (SSSR count). The van der Waals surface area contributed by atoms with Crippen LogP contribution in [0.5, 0.6) is 0 Å². The predicted octanol–water partition coefficient (Wildman–Crippen LogP) is 1.22. The van der Waals surface area contributed by atoms with E-state index in [0.717, 1.165) is 12.8 Å². The van der Waals surface area contributed by atoms with Gasteiger partial charge in [0.15, 0.2) is 0 Å². The summed E-state index contributed by atoms with van der Waals surface area (Å²) in [5, 5.41) is 12.2. The fraction of sp³-hybridized carbons (Fsp3) is 0.533. The minimum Gasteiger partial charge on any atom is -0.391 e. The third kappa shape index (κ3) is 6.36. The van der Waals surface area contributed by atoms with Crippen LogP contribution in [0.15, 0.2) is 30.3 Å². The highest BCUT2D eigenvalue weighted by atomic mass is 16.3. The van der Waals surface area contributed by atoms with Gasteiger partial charge < -0.3 is 16.2 Å². The number of amides is 1. The van der Waals surface area contributed by atoms with Crippen molar-refractivity contribution < 1.29 is 9.90 Å². The van der Waals surface area contributed by atoms with Crippen molar-refractivity contribution in [3.8, 4) is 0 Å². The van der Waals surface area contributed by atoms with E-state index in [0.29, 0.717) is 12.8 Å². The van der Waals surface area contributed by atoms with Gasteiger partial charge in [-0.2, -0.15) is 0 Å². The Hall–Kier alpha value is -1.39. The molecular weight excluding hydrogens is 240 g/mol. The lowest BCUT2D eigenvalue weighted by atomic mass is 10.1. The zero-order valence-corrected chi connectivity index (χ0v) is 11.5. The zero-order chi connectivity index (χ0) is 14.1. The largest absolute Gasteiger partial charge is 0.391 e. The van der Waals surface area contributed by atoms with E-state index in [4.69, 9.17) is 5.73 Å². The summed E-state index contributed by atoms with van der Waals surface area (Å²) >= 11 is 0. The maximum absolute atomic E-state index is 11.7. The van der Waals surface area contributed by atoms with Crippen LogP contribution in [-0.2, 0) is 11.2 Å². The van der Waals surface area contributed by atoms with Crippen molar-refractivity contribution in [2.45, 2.75) is 44.8 Å². The molecule has 4 nitrogen and oxygen atoms in total. The first-order valence-corrected chi connectivity index (χ1v) is 6.88. The molecule has 0 saturated carbocycles. The number of aliphatic hydroxyl groups excluding tert-OH is 1. The van der Waals surface area contributed by atoms with E-state index in [-0.39, 0.29) is 12.5 Å². The molecule has 106 valence electrons. The van der Waals surface area contributed by atoms with Gasteiger partial charge in [-0.25, -0.2) is 0 Å². The molecule has 0 fully saturated rings. The Bertz CT molecular complexity index is 368. The van der Waals surface area contributed by atoms with Gasteiger partial charge in [0.05, 0.1) is 12.1 Å². The maximum atomic E-state index is 11.7. The highest BCUT2D eigenvalue weighted by Crippen LogP contribution is 2.04. The molecule has 0 aliphatic carbocycles. The molecule has 0 aromatic heterocycles. The van der Waals surface area contributed by atoms with E-state index in [9.17, 15) is 9.90 Å². The normalized spacial score (nSPS) is 13.8. The molecule has 4 N–H and O–H groups in total. The Kier molecular flexibility index (Phi) is 7.15. The minimum absolute atomic E-state index is 0.189.